The lowest BCUT2D eigenvalue weighted by molar-refractivity contribution is -0.385. The number of nitro groups is 1. The van der Waals surface area contributed by atoms with Crippen molar-refractivity contribution in [2.75, 3.05) is 26.2 Å². The number of terminal acetylenes is 2. The Morgan fingerprint density at radius 2 is 1.10 bits per heavy atom. The number of hydrogen-bond acceptors (Lipinski definition) is 12. The molecule has 2 heterocycles. The first-order valence-corrected chi connectivity index (χ1v) is 26.8. The summed E-state index contributed by atoms with van der Waals surface area (Å²) in [5, 5.41) is 19.8. The van der Waals surface area contributed by atoms with Gasteiger partial charge in [0.15, 0.2) is 0 Å². The van der Waals surface area contributed by atoms with E-state index in [0.717, 1.165) is 27.8 Å². The summed E-state index contributed by atoms with van der Waals surface area (Å²) in [6.45, 7) is 2.66. The van der Waals surface area contributed by atoms with E-state index in [4.69, 9.17) is 47.5 Å². The summed E-state index contributed by atoms with van der Waals surface area (Å²) in [6, 6.07) is 24.3. The third kappa shape index (κ3) is 15.5. The Kier molecular flexibility index (Phi) is 20.3. The predicted molar refractivity (Wildman–Crippen MR) is 276 cm³/mol. The molecule has 0 saturated carbocycles. The fourth-order valence-electron chi connectivity index (χ4n) is 6.84. The van der Waals surface area contributed by atoms with Gasteiger partial charge in [0.1, 0.15) is 12.1 Å². The van der Waals surface area contributed by atoms with Gasteiger partial charge in [0.2, 0.25) is 31.9 Å². The number of nitrogens with zero attached hydrogens (tertiary/aromatic N) is 3. The van der Waals surface area contributed by atoms with E-state index in [1.165, 1.54) is 70.0 Å². The van der Waals surface area contributed by atoms with Crippen LogP contribution in [0.1, 0.15) is 51.0 Å². The molecule has 6 aromatic rings. The highest BCUT2D eigenvalue weighted by Gasteiger charge is 2.27. The van der Waals surface area contributed by atoms with Gasteiger partial charge < -0.3 is 21.3 Å². The van der Waals surface area contributed by atoms with Crippen molar-refractivity contribution in [3.8, 4) is 24.7 Å². The van der Waals surface area contributed by atoms with Crippen molar-refractivity contribution >= 4 is 83.4 Å². The van der Waals surface area contributed by atoms with Crippen molar-refractivity contribution in [1.29, 1.82) is 0 Å². The summed E-state index contributed by atoms with van der Waals surface area (Å²) in [6.07, 6.45) is 11.1. The van der Waals surface area contributed by atoms with Gasteiger partial charge in [-0.15, -0.1) is 12.8 Å². The molecule has 21 heteroatoms. The highest BCUT2D eigenvalue weighted by Crippen LogP contribution is 2.27. The molecule has 70 heavy (non-hydrogen) atoms. The lowest BCUT2D eigenvalue weighted by Gasteiger charge is -2.26. The maximum atomic E-state index is 13.3. The van der Waals surface area contributed by atoms with Crippen LogP contribution in [0.4, 0.5) is 5.69 Å². The average molecular weight is 1060 g/mol. The summed E-state index contributed by atoms with van der Waals surface area (Å²) in [5.41, 5.74) is 17.7. The predicted octanol–water partition coefficient (Wildman–Crippen LogP) is 7.39. The normalized spacial score (nSPS) is 12.1. The summed E-state index contributed by atoms with van der Waals surface area (Å²) in [7, 11) is -7.38. The van der Waals surface area contributed by atoms with Crippen LogP contribution >= 0.6 is 45.9 Å². The number of carbonyl (C=O) groups is 2. The van der Waals surface area contributed by atoms with Crippen LogP contribution in [0.5, 0.6) is 0 Å². The van der Waals surface area contributed by atoms with E-state index in [1.807, 2.05) is 47.3 Å². The third-order valence-corrected chi connectivity index (χ3v) is 15.5. The number of sulfonamides is 2. The van der Waals surface area contributed by atoms with Gasteiger partial charge >= 0.3 is 0 Å². The van der Waals surface area contributed by atoms with E-state index in [9.17, 15) is 36.5 Å². The number of thiophene rings is 2. The van der Waals surface area contributed by atoms with Gasteiger partial charge in [0.25, 0.3) is 5.69 Å². The first-order valence-electron chi connectivity index (χ1n) is 21.2. The summed E-state index contributed by atoms with van der Waals surface area (Å²) in [4.78, 5) is 41.0. The number of halogens is 2. The van der Waals surface area contributed by atoms with Gasteiger partial charge in [-0.1, -0.05) is 65.4 Å². The first kappa shape index (κ1) is 55.0. The zero-order chi connectivity index (χ0) is 51.0. The SMILES string of the molecule is C#CCNS(=O)(=O)c1ccc(CCN(Cc2cc(Cl)ccc2C)C(=O)[C@@H](N)c2ccsc2)cc1.C#CCNS(=O)(=O)c1ccc(CCN(Cc2cc(Cl)ccc2[N+](=O)[O-])C(=O)[C@@H](N)c2ccsc2)cc1. The maximum Gasteiger partial charge on any atom is 0.274 e. The monoisotopic (exact) mass is 1060 g/mol. The second-order valence-electron chi connectivity index (χ2n) is 15.5. The van der Waals surface area contributed by atoms with E-state index in [1.54, 1.807) is 40.6 Å². The van der Waals surface area contributed by atoms with Crippen LogP contribution in [0.3, 0.4) is 0 Å². The third-order valence-electron chi connectivity index (χ3n) is 10.8. The van der Waals surface area contributed by atoms with Gasteiger partial charge in [-0.3, -0.25) is 19.7 Å². The van der Waals surface area contributed by atoms with Crippen LogP contribution in [0.2, 0.25) is 10.0 Å². The fraction of sp³-hybridized carbons (Fsp3) is 0.224. The molecule has 2 aromatic heterocycles. The standard InChI is InChI=1S/C25H26ClN3O3S2.C24H23ClN4O5S2/c1-3-12-28-34(31,32)23-8-5-19(6-9-23)10-13-29(16-21-15-22(26)7-4-18(21)2)25(30)24(27)20-11-14-33-17-20;1-2-11-27-36(33,34)21-6-3-17(4-7-21)9-12-28(24(30)23(26)18-10-13-35-16-18)15-19-14-20(25)5-8-22(19)29(31)32/h1,4-9,11,14-15,17,24,28H,10,12-13,16,27H2,2H3;1,3-8,10,13-14,16,23,27H,9,11-12,15,26H2/t24-;23-/m00/s1. The number of amides is 2. The molecule has 4 aromatic carbocycles. The lowest BCUT2D eigenvalue weighted by atomic mass is 10.1. The van der Waals surface area contributed by atoms with Crippen molar-refractivity contribution in [1.82, 2.24) is 19.2 Å². The van der Waals surface area contributed by atoms with Crippen LogP contribution in [0.15, 0.2) is 128 Å². The topological polar surface area (TPSA) is 228 Å². The van der Waals surface area contributed by atoms with Crippen LogP contribution in [-0.2, 0) is 55.6 Å². The molecule has 0 aliphatic heterocycles. The number of nitro benzene ring substituents is 1. The quantitative estimate of drug-likeness (QED) is 0.0318. The Morgan fingerprint density at radius 3 is 1.50 bits per heavy atom. The molecule has 0 saturated heterocycles. The molecule has 6 rings (SSSR count). The van der Waals surface area contributed by atoms with E-state index in [-0.39, 0.29) is 53.1 Å². The number of nitrogens with two attached hydrogens (primary N) is 2. The Bertz CT molecular complexity index is 3050. The summed E-state index contributed by atoms with van der Waals surface area (Å²) < 4.78 is 53.5. The van der Waals surface area contributed by atoms with Crippen molar-refractivity contribution in [2.45, 2.75) is 54.7 Å². The van der Waals surface area contributed by atoms with Crippen molar-refractivity contribution in [3.63, 3.8) is 0 Å². The highest BCUT2D eigenvalue weighted by molar-refractivity contribution is 7.89. The molecule has 0 bridgehead atoms. The lowest BCUT2D eigenvalue weighted by Crippen LogP contribution is -2.39. The van der Waals surface area contributed by atoms with Crippen molar-refractivity contribution in [3.05, 3.63) is 178 Å². The molecular weight excluding hydrogens is 1010 g/mol. The molecule has 0 unspecified atom stereocenters. The van der Waals surface area contributed by atoms with Crippen LogP contribution < -0.4 is 20.9 Å². The number of carbonyl (C=O) groups excluding carboxylic acids is 2. The molecule has 2 atom stereocenters. The molecule has 0 aliphatic rings. The minimum Gasteiger partial charge on any atom is -0.336 e. The number of benzene rings is 4. The zero-order valence-electron chi connectivity index (χ0n) is 37.7. The molecule has 15 nitrogen and oxygen atoms in total. The van der Waals surface area contributed by atoms with Crippen LogP contribution in [0, 0.1) is 41.7 Å². The van der Waals surface area contributed by atoms with Gasteiger partial charge in [-0.05, 0) is 135 Å². The molecular formula is C49H49Cl2N7O8S4. The molecule has 0 spiro atoms. The average Bonchev–Trinajstić information content (AvgIpc) is 4.10. The van der Waals surface area contributed by atoms with Crippen LogP contribution in [-0.4, -0.2) is 69.6 Å². The molecule has 6 N–H and O–H groups in total. The Labute approximate surface area is 426 Å². The maximum absolute atomic E-state index is 13.3. The van der Waals surface area contributed by atoms with Gasteiger partial charge in [0.05, 0.1) is 39.9 Å². The zero-order valence-corrected chi connectivity index (χ0v) is 42.4. The Balaban J connectivity index is 0.000000261. The van der Waals surface area contributed by atoms with E-state index in [2.05, 4.69) is 21.3 Å². The smallest absolute Gasteiger partial charge is 0.274 e. The number of rotatable bonds is 21. The number of aryl methyl sites for hydroxylation is 1. The fourth-order valence-corrected chi connectivity index (χ4v) is 10.5. The minimum absolute atomic E-state index is 0.0588. The molecule has 366 valence electrons. The highest BCUT2D eigenvalue weighted by atomic mass is 35.5. The van der Waals surface area contributed by atoms with Gasteiger partial charge in [-0.2, -0.15) is 32.1 Å². The van der Waals surface area contributed by atoms with E-state index in [0.29, 0.717) is 41.5 Å². The Morgan fingerprint density at radius 1 is 0.686 bits per heavy atom. The first-order chi connectivity index (χ1) is 33.3. The van der Waals surface area contributed by atoms with Gasteiger partial charge in [-0.25, -0.2) is 16.8 Å². The van der Waals surface area contributed by atoms with Crippen molar-refractivity contribution in [2.24, 2.45) is 11.5 Å². The molecule has 0 fully saturated rings. The minimum atomic E-state index is -3.73. The molecule has 2 amide bonds. The number of hydrogen-bond donors (Lipinski definition) is 4. The summed E-state index contributed by atoms with van der Waals surface area (Å²) in [5.74, 6) is 3.88. The Hall–Kier alpha value is -5.94. The van der Waals surface area contributed by atoms with Gasteiger partial charge in [0, 0.05) is 35.7 Å². The second kappa shape index (κ2) is 25.8. The second-order valence-corrected chi connectivity index (χ2v) is 21.5. The van der Waals surface area contributed by atoms with Crippen molar-refractivity contribution < 1.29 is 31.3 Å². The van der Waals surface area contributed by atoms with Crippen LogP contribution in [0.25, 0.3) is 0 Å². The molecule has 0 radical (unpaired) electrons. The largest absolute Gasteiger partial charge is 0.336 e. The summed E-state index contributed by atoms with van der Waals surface area (Å²) >= 11 is 15.2. The number of nitrogens with one attached hydrogen (secondary N) is 2. The van der Waals surface area contributed by atoms with E-state index >= 15 is 0 Å². The molecule has 0 aliphatic carbocycles. The van der Waals surface area contributed by atoms with E-state index < -0.39 is 43.0 Å².